The Bertz CT molecular complexity index is 619. The molecule has 2 rings (SSSR count). The van der Waals surface area contributed by atoms with E-state index in [1.807, 2.05) is 19.1 Å². The van der Waals surface area contributed by atoms with Crippen molar-refractivity contribution in [1.29, 1.82) is 0 Å². The smallest absolute Gasteiger partial charge is 0.208 e. The molecule has 0 heterocycles. The predicted molar refractivity (Wildman–Crippen MR) is 91.3 cm³/mol. The highest BCUT2D eigenvalue weighted by Gasteiger charge is 2.41. The molecule has 0 spiro atoms. The Kier molecular flexibility index (Phi) is 4.74. The van der Waals surface area contributed by atoms with E-state index in [0.717, 1.165) is 31.2 Å². The third-order valence-corrected chi connectivity index (χ3v) is 6.49. The summed E-state index contributed by atoms with van der Waals surface area (Å²) in [5.74, 6) is 0. The van der Waals surface area contributed by atoms with E-state index in [2.05, 4.69) is 32.4 Å². The summed E-state index contributed by atoms with van der Waals surface area (Å²) in [5, 5.41) is 0. The lowest BCUT2D eigenvalue weighted by molar-refractivity contribution is 0.0752. The van der Waals surface area contributed by atoms with E-state index in [-0.39, 0.29) is 16.9 Å². The molecule has 1 fully saturated rings. The van der Waals surface area contributed by atoms with Crippen LogP contribution in [0.2, 0.25) is 0 Å². The van der Waals surface area contributed by atoms with Gasteiger partial charge >= 0.3 is 0 Å². The van der Waals surface area contributed by atoms with Gasteiger partial charge in [0.25, 0.3) is 0 Å². The average Bonchev–Trinajstić information content (AvgIpc) is 2.36. The van der Waals surface area contributed by atoms with Crippen molar-refractivity contribution in [2.75, 3.05) is 0 Å². The molecule has 0 saturated heterocycles. The molecule has 1 unspecified atom stereocenters. The van der Waals surface area contributed by atoms with Gasteiger partial charge in [0.05, 0.1) is 4.90 Å². The number of aryl methyl sites for hydroxylation is 1. The molecule has 3 nitrogen and oxygen atoms in total. The van der Waals surface area contributed by atoms with E-state index in [1.165, 1.54) is 0 Å². The second-order valence-electron chi connectivity index (χ2n) is 8.04. The molecule has 2 atom stereocenters. The Balaban J connectivity index is 2.19. The Labute approximate surface area is 135 Å². The van der Waals surface area contributed by atoms with Gasteiger partial charge in [0.1, 0.15) is 0 Å². The van der Waals surface area contributed by atoms with Crippen molar-refractivity contribution in [2.24, 2.45) is 10.8 Å². The molecule has 1 aliphatic rings. The molecule has 1 aliphatic carbocycles. The highest BCUT2D eigenvalue weighted by molar-refractivity contribution is 7.89. The molecule has 0 aliphatic heterocycles. The number of hydrogen-bond donors (Lipinski definition) is 1. The molecule has 0 bridgehead atoms. The van der Waals surface area contributed by atoms with Gasteiger partial charge in [0.2, 0.25) is 10.0 Å². The van der Waals surface area contributed by atoms with Gasteiger partial charge in [-0.15, -0.1) is 0 Å². The number of benzene rings is 1. The zero-order chi connectivity index (χ0) is 16.6. The summed E-state index contributed by atoms with van der Waals surface area (Å²) < 4.78 is 28.2. The highest BCUT2D eigenvalue weighted by Crippen LogP contribution is 2.48. The van der Waals surface area contributed by atoms with E-state index >= 15 is 0 Å². The van der Waals surface area contributed by atoms with Crippen LogP contribution in [0.15, 0.2) is 29.2 Å². The molecular weight excluding hydrogens is 294 g/mol. The van der Waals surface area contributed by atoms with Gasteiger partial charge in [-0.05, 0) is 49.1 Å². The maximum Gasteiger partial charge on any atom is 0.240 e. The van der Waals surface area contributed by atoms with Gasteiger partial charge in [0.15, 0.2) is 0 Å². The number of sulfonamides is 1. The van der Waals surface area contributed by atoms with Crippen LogP contribution in [0.3, 0.4) is 0 Å². The van der Waals surface area contributed by atoms with Crippen LogP contribution < -0.4 is 4.72 Å². The van der Waals surface area contributed by atoms with E-state index in [4.69, 9.17) is 0 Å². The minimum atomic E-state index is -3.44. The van der Waals surface area contributed by atoms with Gasteiger partial charge < -0.3 is 0 Å². The van der Waals surface area contributed by atoms with Gasteiger partial charge in [-0.3, -0.25) is 0 Å². The lowest BCUT2D eigenvalue weighted by Gasteiger charge is -2.46. The van der Waals surface area contributed by atoms with Gasteiger partial charge in [-0.2, -0.15) is 0 Å². The monoisotopic (exact) mass is 323 g/mol. The first-order valence-corrected chi connectivity index (χ1v) is 9.63. The van der Waals surface area contributed by atoms with Crippen LogP contribution in [0.5, 0.6) is 0 Å². The molecule has 124 valence electrons. The Morgan fingerprint density at radius 1 is 1.14 bits per heavy atom. The van der Waals surface area contributed by atoms with Crippen LogP contribution in [0.4, 0.5) is 0 Å². The van der Waals surface area contributed by atoms with Crippen molar-refractivity contribution >= 4 is 10.0 Å². The molecule has 1 N–H and O–H groups in total. The summed E-state index contributed by atoms with van der Waals surface area (Å²) in [6.07, 6.45) is 4.05. The first kappa shape index (κ1) is 17.5. The topological polar surface area (TPSA) is 46.2 Å². The van der Waals surface area contributed by atoms with Gasteiger partial charge in [-0.25, -0.2) is 13.1 Å². The number of hydrogen-bond acceptors (Lipinski definition) is 2. The standard InChI is InChI=1S/C18H29NO2S/c1-6-18(5)12-15(11-17(3,4)13-18)19-22(20,21)16-9-7-14(2)8-10-16/h7-10,15,19H,6,11-13H2,1-5H3/t15?,18-/m1/s1. The third kappa shape index (κ3) is 4.11. The second kappa shape index (κ2) is 5.97. The zero-order valence-electron chi connectivity index (χ0n) is 14.4. The van der Waals surface area contributed by atoms with Crippen LogP contribution in [-0.2, 0) is 10.0 Å². The maximum absolute atomic E-state index is 12.6. The molecule has 4 heteroatoms. The summed E-state index contributed by atoms with van der Waals surface area (Å²) in [6, 6.07) is 7.07. The minimum absolute atomic E-state index is 0.0139. The fraction of sp³-hybridized carbons (Fsp3) is 0.667. The molecule has 0 radical (unpaired) electrons. The van der Waals surface area contributed by atoms with Crippen molar-refractivity contribution in [3.63, 3.8) is 0 Å². The van der Waals surface area contributed by atoms with Crippen LogP contribution in [-0.4, -0.2) is 14.5 Å². The maximum atomic E-state index is 12.6. The van der Waals surface area contributed by atoms with Crippen molar-refractivity contribution in [3.8, 4) is 0 Å². The van der Waals surface area contributed by atoms with Crippen molar-refractivity contribution in [1.82, 2.24) is 4.72 Å². The molecule has 0 amide bonds. The van der Waals surface area contributed by atoms with Crippen LogP contribution >= 0.6 is 0 Å². The Morgan fingerprint density at radius 2 is 1.73 bits per heavy atom. The summed E-state index contributed by atoms with van der Waals surface area (Å²) >= 11 is 0. The lowest BCUT2D eigenvalue weighted by Crippen LogP contribution is -2.46. The Hall–Kier alpha value is -0.870. The number of rotatable bonds is 4. The fourth-order valence-corrected chi connectivity index (χ4v) is 5.23. The van der Waals surface area contributed by atoms with Crippen molar-refractivity contribution < 1.29 is 8.42 Å². The van der Waals surface area contributed by atoms with Gasteiger partial charge in [0, 0.05) is 6.04 Å². The normalized spacial score (nSPS) is 28.5. The Morgan fingerprint density at radius 3 is 2.27 bits per heavy atom. The van der Waals surface area contributed by atoms with Gasteiger partial charge in [-0.1, -0.05) is 51.8 Å². The third-order valence-electron chi connectivity index (χ3n) is 4.95. The predicted octanol–water partition coefficient (Wildman–Crippen LogP) is 4.27. The second-order valence-corrected chi connectivity index (χ2v) is 9.76. The van der Waals surface area contributed by atoms with E-state index in [9.17, 15) is 8.42 Å². The summed E-state index contributed by atoms with van der Waals surface area (Å²) in [4.78, 5) is 0.361. The van der Waals surface area contributed by atoms with E-state index < -0.39 is 10.0 Å². The molecule has 0 aromatic heterocycles. The lowest BCUT2D eigenvalue weighted by atomic mass is 9.62. The summed E-state index contributed by atoms with van der Waals surface area (Å²) in [7, 11) is -3.44. The zero-order valence-corrected chi connectivity index (χ0v) is 15.3. The first-order valence-electron chi connectivity index (χ1n) is 8.14. The quantitative estimate of drug-likeness (QED) is 0.899. The average molecular weight is 324 g/mol. The van der Waals surface area contributed by atoms with E-state index in [0.29, 0.717) is 4.90 Å². The number of nitrogens with one attached hydrogen (secondary N) is 1. The molecular formula is C18H29NO2S. The molecule has 1 saturated carbocycles. The fourth-order valence-electron chi connectivity index (χ4n) is 3.99. The largest absolute Gasteiger partial charge is 0.240 e. The van der Waals surface area contributed by atoms with Crippen molar-refractivity contribution in [2.45, 2.75) is 71.2 Å². The van der Waals surface area contributed by atoms with Crippen LogP contribution in [0.25, 0.3) is 0 Å². The first-order chi connectivity index (χ1) is 10.1. The highest BCUT2D eigenvalue weighted by atomic mass is 32.2. The van der Waals surface area contributed by atoms with Crippen molar-refractivity contribution in [3.05, 3.63) is 29.8 Å². The summed E-state index contributed by atoms with van der Waals surface area (Å²) in [5.41, 5.74) is 1.45. The van der Waals surface area contributed by atoms with E-state index in [1.54, 1.807) is 12.1 Å². The minimum Gasteiger partial charge on any atom is -0.208 e. The summed E-state index contributed by atoms with van der Waals surface area (Å²) in [6.45, 7) is 10.9. The SMILES string of the molecule is CC[C@]1(C)CC(NS(=O)(=O)c2ccc(C)cc2)CC(C)(C)C1. The molecule has 22 heavy (non-hydrogen) atoms. The van der Waals surface area contributed by atoms with Crippen LogP contribution in [0.1, 0.15) is 58.9 Å². The van der Waals surface area contributed by atoms with Crippen LogP contribution in [0, 0.1) is 17.8 Å². The molecule has 1 aromatic carbocycles. The molecule has 1 aromatic rings.